The number of hydrogen-bond donors (Lipinski definition) is 1. The van der Waals surface area contributed by atoms with Crippen molar-refractivity contribution in [2.24, 2.45) is 4.99 Å². The summed E-state index contributed by atoms with van der Waals surface area (Å²) in [5, 5.41) is 3.78. The molecule has 0 spiro atoms. The van der Waals surface area contributed by atoms with E-state index in [-0.39, 0.29) is 12.7 Å². The molecule has 0 bridgehead atoms. The topological polar surface area (TPSA) is 59.9 Å². The Hall–Kier alpha value is -2.44. The van der Waals surface area contributed by atoms with Gasteiger partial charge in [0.2, 0.25) is 6.79 Å². The van der Waals surface area contributed by atoms with Crippen molar-refractivity contribution in [2.75, 3.05) is 6.79 Å². The van der Waals surface area contributed by atoms with Crippen LogP contribution in [0, 0.1) is 0 Å². The molecule has 5 nitrogen and oxygen atoms in total. The van der Waals surface area contributed by atoms with E-state index >= 15 is 0 Å². The lowest BCUT2D eigenvalue weighted by molar-refractivity contribution is -0.115. The quantitative estimate of drug-likeness (QED) is 0.825. The number of halogens is 1. The summed E-state index contributed by atoms with van der Waals surface area (Å²) in [4.78, 5) is 17.1. The predicted octanol–water partition coefficient (Wildman–Crippen LogP) is 3.96. The van der Waals surface area contributed by atoms with Crippen LogP contribution in [0.4, 0.5) is 5.69 Å². The number of rotatable bonds is 2. The average molecular weight is 359 g/mol. The Bertz CT molecular complexity index is 881. The Balaban J connectivity index is 1.62. The molecular formula is C17H11ClN2O3S. The van der Waals surface area contributed by atoms with E-state index in [0.717, 1.165) is 5.69 Å². The first-order valence-electron chi connectivity index (χ1n) is 7.13. The van der Waals surface area contributed by atoms with E-state index in [0.29, 0.717) is 32.2 Å². The molecule has 2 aliphatic heterocycles. The van der Waals surface area contributed by atoms with Crippen LogP contribution in [0.2, 0.25) is 5.02 Å². The summed E-state index contributed by atoms with van der Waals surface area (Å²) in [6.07, 6.45) is 1.72. The van der Waals surface area contributed by atoms with E-state index in [9.17, 15) is 4.79 Å². The van der Waals surface area contributed by atoms with Gasteiger partial charge in [0.05, 0.1) is 15.6 Å². The van der Waals surface area contributed by atoms with E-state index in [1.54, 1.807) is 18.2 Å². The Labute approximate surface area is 147 Å². The molecule has 2 heterocycles. The van der Waals surface area contributed by atoms with Crippen molar-refractivity contribution in [1.82, 2.24) is 5.32 Å². The summed E-state index contributed by atoms with van der Waals surface area (Å²) in [6, 6.07) is 12.9. The number of aliphatic imine (C=N–C) groups is 1. The number of para-hydroxylation sites is 1. The SMILES string of the molecule is O=C1NC(=Nc2ccccc2)S/C1=C/c1cc2c(cc1Cl)OCO2. The summed E-state index contributed by atoms with van der Waals surface area (Å²) in [7, 11) is 0. The highest BCUT2D eigenvalue weighted by molar-refractivity contribution is 8.18. The van der Waals surface area contributed by atoms with Gasteiger partial charge in [0.25, 0.3) is 5.91 Å². The molecule has 2 aromatic carbocycles. The van der Waals surface area contributed by atoms with Crippen LogP contribution in [0.3, 0.4) is 0 Å². The normalized spacial score (nSPS) is 19.1. The van der Waals surface area contributed by atoms with E-state index in [4.69, 9.17) is 21.1 Å². The second-order valence-corrected chi connectivity index (χ2v) is 6.48. The molecule has 0 aromatic heterocycles. The van der Waals surface area contributed by atoms with Crippen LogP contribution in [0.25, 0.3) is 6.08 Å². The van der Waals surface area contributed by atoms with Crippen molar-refractivity contribution in [3.63, 3.8) is 0 Å². The lowest BCUT2D eigenvalue weighted by Gasteiger charge is -2.02. The second kappa shape index (κ2) is 6.22. The second-order valence-electron chi connectivity index (χ2n) is 5.04. The number of nitrogens with zero attached hydrogens (tertiary/aromatic N) is 1. The number of benzene rings is 2. The molecule has 0 atom stereocenters. The zero-order valence-electron chi connectivity index (χ0n) is 12.3. The highest BCUT2D eigenvalue weighted by atomic mass is 35.5. The highest BCUT2D eigenvalue weighted by Gasteiger charge is 2.25. The maximum Gasteiger partial charge on any atom is 0.264 e. The maximum atomic E-state index is 12.1. The number of fused-ring (bicyclic) bond motifs is 1. The monoisotopic (exact) mass is 358 g/mol. The standard InChI is InChI=1S/C17H11ClN2O3S/c18-12-8-14-13(22-9-23-14)6-10(12)7-15-16(21)20-17(24-15)19-11-4-2-1-3-5-11/h1-8H,9H2,(H,19,20,21)/b15-7+. The van der Waals surface area contributed by atoms with Crippen molar-refractivity contribution in [1.29, 1.82) is 0 Å². The van der Waals surface area contributed by atoms with Gasteiger partial charge in [-0.25, -0.2) is 4.99 Å². The fraction of sp³-hybridized carbons (Fsp3) is 0.0588. The lowest BCUT2D eigenvalue weighted by Crippen LogP contribution is -2.19. The van der Waals surface area contributed by atoms with Crippen molar-refractivity contribution >= 4 is 46.2 Å². The number of amidine groups is 1. The molecule has 1 N–H and O–H groups in total. The van der Waals surface area contributed by atoms with Gasteiger partial charge in [-0.05, 0) is 41.6 Å². The molecule has 0 saturated carbocycles. The van der Waals surface area contributed by atoms with Gasteiger partial charge in [-0.15, -0.1) is 0 Å². The first kappa shape index (κ1) is 15.1. The number of ether oxygens (including phenoxy) is 2. The Morgan fingerprint density at radius 3 is 2.71 bits per heavy atom. The van der Waals surface area contributed by atoms with Crippen LogP contribution in [-0.2, 0) is 4.79 Å². The smallest absolute Gasteiger partial charge is 0.264 e. The lowest BCUT2D eigenvalue weighted by atomic mass is 10.2. The number of nitrogens with one attached hydrogen (secondary N) is 1. The minimum atomic E-state index is -0.205. The molecule has 120 valence electrons. The molecule has 24 heavy (non-hydrogen) atoms. The third-order valence-electron chi connectivity index (χ3n) is 3.42. The van der Waals surface area contributed by atoms with E-state index in [1.807, 2.05) is 30.3 Å². The summed E-state index contributed by atoms with van der Waals surface area (Å²) in [5.74, 6) is 1.02. The average Bonchev–Trinajstić information content (AvgIpc) is 3.15. The van der Waals surface area contributed by atoms with Crippen LogP contribution in [0.1, 0.15) is 5.56 Å². The molecule has 0 unspecified atom stereocenters. The van der Waals surface area contributed by atoms with Crippen molar-refractivity contribution in [2.45, 2.75) is 0 Å². The minimum Gasteiger partial charge on any atom is -0.454 e. The molecule has 2 aromatic rings. The molecule has 1 fully saturated rings. The van der Waals surface area contributed by atoms with Gasteiger partial charge in [-0.2, -0.15) is 0 Å². The third-order valence-corrected chi connectivity index (χ3v) is 4.65. The van der Waals surface area contributed by atoms with Crippen LogP contribution >= 0.6 is 23.4 Å². The molecule has 7 heteroatoms. The van der Waals surface area contributed by atoms with Gasteiger partial charge < -0.3 is 14.8 Å². The van der Waals surface area contributed by atoms with Gasteiger partial charge in [0.15, 0.2) is 16.7 Å². The first-order chi connectivity index (χ1) is 11.7. The van der Waals surface area contributed by atoms with Gasteiger partial charge in [-0.3, -0.25) is 4.79 Å². The van der Waals surface area contributed by atoms with Crippen LogP contribution in [0.15, 0.2) is 52.4 Å². The minimum absolute atomic E-state index is 0.175. The van der Waals surface area contributed by atoms with Gasteiger partial charge in [0, 0.05) is 6.07 Å². The van der Waals surface area contributed by atoms with Crippen LogP contribution in [0.5, 0.6) is 11.5 Å². The van der Waals surface area contributed by atoms with E-state index in [2.05, 4.69) is 10.3 Å². The Morgan fingerprint density at radius 1 is 1.17 bits per heavy atom. The summed E-state index contributed by atoms with van der Waals surface area (Å²) in [5.41, 5.74) is 1.47. The van der Waals surface area contributed by atoms with Crippen molar-refractivity contribution in [3.8, 4) is 11.5 Å². The van der Waals surface area contributed by atoms with Crippen LogP contribution in [-0.4, -0.2) is 17.9 Å². The molecule has 1 saturated heterocycles. The predicted molar refractivity (Wildman–Crippen MR) is 94.8 cm³/mol. The van der Waals surface area contributed by atoms with Crippen LogP contribution < -0.4 is 14.8 Å². The molecule has 1 amide bonds. The summed E-state index contributed by atoms with van der Waals surface area (Å²) < 4.78 is 10.6. The number of thioether (sulfide) groups is 1. The largest absolute Gasteiger partial charge is 0.454 e. The zero-order valence-corrected chi connectivity index (χ0v) is 13.9. The van der Waals surface area contributed by atoms with Gasteiger partial charge >= 0.3 is 0 Å². The molecule has 2 aliphatic rings. The van der Waals surface area contributed by atoms with Gasteiger partial charge in [0.1, 0.15) is 0 Å². The molecule has 0 aliphatic carbocycles. The van der Waals surface area contributed by atoms with Crippen molar-refractivity contribution in [3.05, 3.63) is 58.0 Å². The van der Waals surface area contributed by atoms with E-state index < -0.39 is 0 Å². The fourth-order valence-electron chi connectivity index (χ4n) is 2.29. The number of hydrogen-bond acceptors (Lipinski definition) is 5. The first-order valence-corrected chi connectivity index (χ1v) is 8.32. The number of carbonyl (C=O) groups excluding carboxylic acids is 1. The summed E-state index contributed by atoms with van der Waals surface area (Å²) >= 11 is 7.52. The number of carbonyl (C=O) groups is 1. The van der Waals surface area contributed by atoms with Crippen molar-refractivity contribution < 1.29 is 14.3 Å². The number of amides is 1. The van der Waals surface area contributed by atoms with Gasteiger partial charge in [-0.1, -0.05) is 29.8 Å². The van der Waals surface area contributed by atoms with E-state index in [1.165, 1.54) is 11.8 Å². The fourth-order valence-corrected chi connectivity index (χ4v) is 3.33. The maximum absolute atomic E-state index is 12.1. The summed E-state index contributed by atoms with van der Waals surface area (Å²) in [6.45, 7) is 0.175. The molecule has 0 radical (unpaired) electrons. The Morgan fingerprint density at radius 2 is 1.92 bits per heavy atom. The zero-order chi connectivity index (χ0) is 16.5. The third kappa shape index (κ3) is 2.98. The Kier molecular flexibility index (Phi) is 3.92. The highest BCUT2D eigenvalue weighted by Crippen LogP contribution is 2.38. The molecule has 4 rings (SSSR count). The molecular weight excluding hydrogens is 348 g/mol.